The van der Waals surface area contributed by atoms with Gasteiger partial charge in [0, 0.05) is 11.4 Å². The van der Waals surface area contributed by atoms with Gasteiger partial charge in [-0.25, -0.2) is 0 Å². The van der Waals surface area contributed by atoms with Gasteiger partial charge in [0.25, 0.3) is 0 Å². The fourth-order valence-corrected chi connectivity index (χ4v) is 2.62. The highest BCUT2D eigenvalue weighted by Crippen LogP contribution is 2.17. The quantitative estimate of drug-likeness (QED) is 0.791. The van der Waals surface area contributed by atoms with Crippen molar-refractivity contribution in [3.63, 3.8) is 0 Å². The number of nitriles is 1. The molecule has 0 saturated carbocycles. The molecule has 6 nitrogen and oxygen atoms in total. The van der Waals surface area contributed by atoms with Gasteiger partial charge in [-0.3, -0.25) is 14.5 Å². The van der Waals surface area contributed by atoms with Crippen LogP contribution in [0.25, 0.3) is 0 Å². The molecule has 27 heavy (non-hydrogen) atoms. The van der Waals surface area contributed by atoms with Crippen LogP contribution in [0.15, 0.2) is 42.5 Å². The molecule has 0 radical (unpaired) electrons. The number of nitrogens with one attached hydrogen (secondary N) is 2. The van der Waals surface area contributed by atoms with Crippen LogP contribution in [0.3, 0.4) is 0 Å². The number of anilines is 2. The summed E-state index contributed by atoms with van der Waals surface area (Å²) >= 11 is 0. The number of rotatable bonds is 7. The Morgan fingerprint density at radius 1 is 1.00 bits per heavy atom. The first kappa shape index (κ1) is 20.1. The molecule has 0 heterocycles. The van der Waals surface area contributed by atoms with Gasteiger partial charge in [-0.15, -0.1) is 0 Å². The summed E-state index contributed by atoms with van der Waals surface area (Å²) in [5.74, 6) is -0.370. The normalized spacial score (nSPS) is 10.3. The van der Waals surface area contributed by atoms with E-state index in [-0.39, 0.29) is 24.9 Å². The van der Waals surface area contributed by atoms with Gasteiger partial charge in [0.05, 0.1) is 25.6 Å². The molecule has 0 unspecified atom stereocenters. The standard InChI is InChI=1S/C21H24N4O2/c1-15-5-4-6-19(16(15)2)24-21(27)14-25(3)13-20(26)23-18-9-7-17(8-10-18)11-12-22/h4-10H,11,13-14H2,1-3H3,(H,23,26)(H,24,27). The van der Waals surface area contributed by atoms with E-state index in [9.17, 15) is 9.59 Å². The van der Waals surface area contributed by atoms with Crippen molar-refractivity contribution in [3.8, 4) is 6.07 Å². The molecule has 0 aliphatic rings. The Hall–Kier alpha value is -3.17. The zero-order valence-electron chi connectivity index (χ0n) is 15.9. The van der Waals surface area contributed by atoms with Crippen molar-refractivity contribution in [2.45, 2.75) is 20.3 Å². The molecule has 0 aromatic heterocycles. The highest BCUT2D eigenvalue weighted by molar-refractivity contribution is 5.95. The van der Waals surface area contributed by atoms with Gasteiger partial charge in [-0.1, -0.05) is 24.3 Å². The Morgan fingerprint density at radius 2 is 1.63 bits per heavy atom. The van der Waals surface area contributed by atoms with Crippen molar-refractivity contribution in [1.29, 1.82) is 5.26 Å². The number of carbonyl (C=O) groups excluding carboxylic acids is 2. The Morgan fingerprint density at radius 3 is 2.26 bits per heavy atom. The van der Waals surface area contributed by atoms with Gasteiger partial charge in [0.15, 0.2) is 0 Å². The second-order valence-electron chi connectivity index (χ2n) is 6.55. The molecule has 0 spiro atoms. The summed E-state index contributed by atoms with van der Waals surface area (Å²) in [6, 6.07) is 15.0. The van der Waals surface area contributed by atoms with Gasteiger partial charge in [-0.05, 0) is 55.8 Å². The fourth-order valence-electron chi connectivity index (χ4n) is 2.62. The second kappa shape index (κ2) is 9.51. The van der Waals surface area contributed by atoms with Gasteiger partial charge in [-0.2, -0.15) is 5.26 Å². The molecule has 2 rings (SSSR count). The first-order valence-electron chi connectivity index (χ1n) is 8.69. The van der Waals surface area contributed by atoms with E-state index in [4.69, 9.17) is 5.26 Å². The molecule has 2 amide bonds. The number of amides is 2. The number of hydrogen-bond donors (Lipinski definition) is 2. The first-order valence-corrected chi connectivity index (χ1v) is 8.69. The van der Waals surface area contributed by atoms with Gasteiger partial charge in [0.2, 0.25) is 11.8 Å². The van der Waals surface area contributed by atoms with E-state index in [1.54, 1.807) is 36.2 Å². The smallest absolute Gasteiger partial charge is 0.238 e. The maximum absolute atomic E-state index is 12.2. The third-order valence-electron chi connectivity index (χ3n) is 4.23. The van der Waals surface area contributed by atoms with E-state index in [0.29, 0.717) is 12.1 Å². The maximum Gasteiger partial charge on any atom is 0.238 e. The van der Waals surface area contributed by atoms with E-state index in [1.807, 2.05) is 32.0 Å². The molecule has 0 saturated heterocycles. The summed E-state index contributed by atoms with van der Waals surface area (Å²) in [5, 5.41) is 14.3. The van der Waals surface area contributed by atoms with Crippen LogP contribution < -0.4 is 10.6 Å². The lowest BCUT2D eigenvalue weighted by Crippen LogP contribution is -2.36. The zero-order chi connectivity index (χ0) is 19.8. The number of likely N-dealkylation sites (N-methyl/N-ethyl adjacent to an activating group) is 1. The highest BCUT2D eigenvalue weighted by Gasteiger charge is 2.12. The summed E-state index contributed by atoms with van der Waals surface area (Å²) in [6.45, 7) is 4.17. The van der Waals surface area contributed by atoms with Crippen molar-refractivity contribution < 1.29 is 9.59 Å². The third kappa shape index (κ3) is 6.24. The number of hydrogen-bond acceptors (Lipinski definition) is 4. The van der Waals surface area contributed by atoms with Crippen LogP contribution in [0.1, 0.15) is 16.7 Å². The minimum Gasteiger partial charge on any atom is -0.325 e. The van der Waals surface area contributed by atoms with Crippen molar-refractivity contribution >= 4 is 23.2 Å². The van der Waals surface area contributed by atoms with E-state index < -0.39 is 0 Å². The largest absolute Gasteiger partial charge is 0.325 e. The number of benzene rings is 2. The molecule has 0 aliphatic carbocycles. The minimum absolute atomic E-state index is 0.0974. The second-order valence-corrected chi connectivity index (χ2v) is 6.55. The van der Waals surface area contributed by atoms with Crippen molar-refractivity contribution in [2.75, 3.05) is 30.8 Å². The Bertz CT molecular complexity index is 853. The Labute approximate surface area is 159 Å². The summed E-state index contributed by atoms with van der Waals surface area (Å²) in [4.78, 5) is 26.0. The van der Waals surface area contributed by atoms with E-state index >= 15 is 0 Å². The van der Waals surface area contributed by atoms with E-state index in [2.05, 4.69) is 16.7 Å². The van der Waals surface area contributed by atoms with Crippen molar-refractivity contribution in [3.05, 3.63) is 59.2 Å². The van der Waals surface area contributed by atoms with Crippen LogP contribution in [0, 0.1) is 25.2 Å². The number of aryl methyl sites for hydroxylation is 1. The van der Waals surface area contributed by atoms with E-state index in [0.717, 1.165) is 22.4 Å². The lowest BCUT2D eigenvalue weighted by molar-refractivity contribution is -0.119. The molecule has 2 aromatic rings. The van der Waals surface area contributed by atoms with E-state index in [1.165, 1.54) is 0 Å². The monoisotopic (exact) mass is 364 g/mol. The zero-order valence-corrected chi connectivity index (χ0v) is 15.9. The summed E-state index contributed by atoms with van der Waals surface area (Å²) < 4.78 is 0. The molecule has 0 bridgehead atoms. The Kier molecular flexibility index (Phi) is 7.09. The summed E-state index contributed by atoms with van der Waals surface area (Å²) in [7, 11) is 1.72. The van der Waals surface area contributed by atoms with Crippen LogP contribution in [0.4, 0.5) is 11.4 Å². The van der Waals surface area contributed by atoms with Crippen LogP contribution in [0.2, 0.25) is 0 Å². The fraction of sp³-hybridized carbons (Fsp3) is 0.286. The molecular weight excluding hydrogens is 340 g/mol. The first-order chi connectivity index (χ1) is 12.9. The lowest BCUT2D eigenvalue weighted by Gasteiger charge is -2.17. The predicted octanol–water partition coefficient (Wildman–Crippen LogP) is 2.88. The minimum atomic E-state index is -0.204. The molecule has 0 aliphatic heterocycles. The maximum atomic E-state index is 12.2. The van der Waals surface area contributed by atoms with Crippen LogP contribution >= 0.6 is 0 Å². The van der Waals surface area contributed by atoms with Crippen LogP contribution in [0.5, 0.6) is 0 Å². The van der Waals surface area contributed by atoms with Crippen molar-refractivity contribution in [1.82, 2.24) is 4.90 Å². The van der Waals surface area contributed by atoms with Crippen LogP contribution in [-0.4, -0.2) is 36.9 Å². The topological polar surface area (TPSA) is 85.2 Å². The molecule has 140 valence electrons. The lowest BCUT2D eigenvalue weighted by atomic mass is 10.1. The van der Waals surface area contributed by atoms with Crippen molar-refractivity contribution in [2.24, 2.45) is 0 Å². The predicted molar refractivity (Wildman–Crippen MR) is 106 cm³/mol. The SMILES string of the molecule is Cc1cccc(NC(=O)CN(C)CC(=O)Nc2ccc(CC#N)cc2)c1C. The molecule has 2 N–H and O–H groups in total. The molecular formula is C21H24N4O2. The number of carbonyl (C=O) groups is 2. The molecule has 0 atom stereocenters. The Balaban J connectivity index is 1.82. The average Bonchev–Trinajstić information content (AvgIpc) is 2.60. The average molecular weight is 364 g/mol. The van der Waals surface area contributed by atoms with Gasteiger partial charge in [0.1, 0.15) is 0 Å². The number of nitrogens with zero attached hydrogens (tertiary/aromatic N) is 2. The molecule has 0 fully saturated rings. The van der Waals surface area contributed by atoms with Gasteiger partial charge >= 0.3 is 0 Å². The summed E-state index contributed by atoms with van der Waals surface area (Å²) in [5.41, 5.74) is 4.49. The molecule has 2 aromatic carbocycles. The third-order valence-corrected chi connectivity index (χ3v) is 4.23. The highest BCUT2D eigenvalue weighted by atomic mass is 16.2. The molecule has 6 heteroatoms. The summed E-state index contributed by atoms with van der Waals surface area (Å²) in [6.07, 6.45) is 0.340. The van der Waals surface area contributed by atoms with Gasteiger partial charge < -0.3 is 10.6 Å². The van der Waals surface area contributed by atoms with Crippen LogP contribution in [-0.2, 0) is 16.0 Å².